The van der Waals surface area contributed by atoms with E-state index in [2.05, 4.69) is 5.32 Å². The predicted molar refractivity (Wildman–Crippen MR) is 53.5 cm³/mol. The minimum atomic E-state index is -0.312. The van der Waals surface area contributed by atoms with Crippen LogP contribution in [0, 0.1) is 11.3 Å². The SMILES string of the molecule is CC(C)(C)N1CCNC(CC#N)C1=O. The lowest BCUT2D eigenvalue weighted by Crippen LogP contribution is -2.60. The smallest absolute Gasteiger partial charge is 0.241 e. The van der Waals surface area contributed by atoms with Crippen molar-refractivity contribution in [2.24, 2.45) is 0 Å². The summed E-state index contributed by atoms with van der Waals surface area (Å²) in [6, 6.07) is 1.72. The first-order valence-corrected chi connectivity index (χ1v) is 4.88. The third kappa shape index (κ3) is 2.24. The van der Waals surface area contributed by atoms with E-state index < -0.39 is 0 Å². The number of carbonyl (C=O) groups is 1. The van der Waals surface area contributed by atoms with Crippen LogP contribution in [-0.4, -0.2) is 35.5 Å². The van der Waals surface area contributed by atoms with Crippen molar-refractivity contribution < 1.29 is 4.79 Å². The topological polar surface area (TPSA) is 56.1 Å². The standard InChI is InChI=1S/C10H17N3O/c1-10(2,3)13-7-6-12-8(4-5-11)9(13)14/h8,12H,4,6-7H2,1-3H3. The van der Waals surface area contributed by atoms with Crippen LogP contribution in [0.4, 0.5) is 0 Å². The molecular formula is C10H17N3O. The Morgan fingerprint density at radius 3 is 2.79 bits per heavy atom. The monoisotopic (exact) mass is 195 g/mol. The summed E-state index contributed by atoms with van der Waals surface area (Å²) in [6.45, 7) is 7.54. The molecule has 1 fully saturated rings. The molecule has 4 nitrogen and oxygen atoms in total. The second kappa shape index (κ2) is 3.97. The van der Waals surface area contributed by atoms with Gasteiger partial charge in [-0.15, -0.1) is 0 Å². The van der Waals surface area contributed by atoms with Crippen LogP contribution in [0.5, 0.6) is 0 Å². The van der Waals surface area contributed by atoms with Crippen LogP contribution < -0.4 is 5.32 Å². The van der Waals surface area contributed by atoms with Crippen LogP contribution in [0.25, 0.3) is 0 Å². The highest BCUT2D eigenvalue weighted by atomic mass is 16.2. The zero-order valence-electron chi connectivity index (χ0n) is 9.00. The van der Waals surface area contributed by atoms with Crippen molar-refractivity contribution in [3.63, 3.8) is 0 Å². The van der Waals surface area contributed by atoms with Crippen LogP contribution in [0.1, 0.15) is 27.2 Å². The molecular weight excluding hydrogens is 178 g/mol. The molecule has 78 valence electrons. The average Bonchev–Trinajstić information content (AvgIpc) is 2.07. The van der Waals surface area contributed by atoms with Gasteiger partial charge in [0.25, 0.3) is 0 Å². The second-order valence-electron chi connectivity index (χ2n) is 4.53. The number of piperazine rings is 1. The number of nitriles is 1. The van der Waals surface area contributed by atoms with E-state index in [1.165, 1.54) is 0 Å². The molecule has 0 aliphatic carbocycles. The number of rotatable bonds is 1. The third-order valence-electron chi connectivity index (χ3n) is 2.40. The first-order chi connectivity index (χ1) is 6.46. The number of nitrogens with zero attached hydrogens (tertiary/aromatic N) is 2. The lowest BCUT2D eigenvalue weighted by Gasteiger charge is -2.41. The number of carbonyl (C=O) groups excluding carboxylic acids is 1. The maximum atomic E-state index is 11.9. The Morgan fingerprint density at radius 2 is 2.29 bits per heavy atom. The maximum Gasteiger partial charge on any atom is 0.241 e. The number of hydrogen-bond donors (Lipinski definition) is 1. The van der Waals surface area contributed by atoms with Gasteiger partial charge >= 0.3 is 0 Å². The minimum Gasteiger partial charge on any atom is -0.335 e. The number of amides is 1. The molecule has 1 aliphatic heterocycles. The Labute approximate surface area is 84.9 Å². The fourth-order valence-corrected chi connectivity index (χ4v) is 1.65. The largest absolute Gasteiger partial charge is 0.335 e. The summed E-state index contributed by atoms with van der Waals surface area (Å²) in [5, 5.41) is 11.6. The van der Waals surface area contributed by atoms with Crippen LogP contribution in [-0.2, 0) is 4.79 Å². The van der Waals surface area contributed by atoms with Crippen molar-refractivity contribution in [1.82, 2.24) is 10.2 Å². The van der Waals surface area contributed by atoms with Gasteiger partial charge in [0.2, 0.25) is 5.91 Å². The molecule has 0 aromatic heterocycles. The Balaban J connectivity index is 2.72. The average molecular weight is 195 g/mol. The van der Waals surface area contributed by atoms with E-state index in [0.29, 0.717) is 0 Å². The second-order valence-corrected chi connectivity index (χ2v) is 4.53. The molecule has 1 N–H and O–H groups in total. The molecule has 0 saturated carbocycles. The van der Waals surface area contributed by atoms with E-state index in [-0.39, 0.29) is 23.9 Å². The van der Waals surface area contributed by atoms with Gasteiger partial charge in [0, 0.05) is 18.6 Å². The van der Waals surface area contributed by atoms with Crippen LogP contribution in [0.15, 0.2) is 0 Å². The Morgan fingerprint density at radius 1 is 1.64 bits per heavy atom. The van der Waals surface area contributed by atoms with Gasteiger partial charge in [-0.25, -0.2) is 0 Å². The molecule has 0 aromatic rings. The third-order valence-corrected chi connectivity index (χ3v) is 2.40. The fraction of sp³-hybridized carbons (Fsp3) is 0.800. The van der Waals surface area contributed by atoms with Crippen LogP contribution >= 0.6 is 0 Å². The highest BCUT2D eigenvalue weighted by molar-refractivity contribution is 5.83. The van der Waals surface area contributed by atoms with E-state index in [0.717, 1.165) is 13.1 Å². The normalized spacial score (nSPS) is 23.4. The predicted octanol–water partition coefficient (Wildman–Crippen LogP) is 0.499. The molecule has 1 heterocycles. The summed E-state index contributed by atoms with van der Waals surface area (Å²) < 4.78 is 0. The molecule has 14 heavy (non-hydrogen) atoms. The molecule has 1 amide bonds. The zero-order valence-corrected chi connectivity index (χ0v) is 9.00. The quantitative estimate of drug-likeness (QED) is 0.663. The van der Waals surface area contributed by atoms with Gasteiger partial charge in [0.05, 0.1) is 12.5 Å². The van der Waals surface area contributed by atoms with Gasteiger partial charge in [-0.05, 0) is 20.8 Å². The number of hydrogen-bond acceptors (Lipinski definition) is 3. The van der Waals surface area contributed by atoms with Crippen molar-refractivity contribution in [2.75, 3.05) is 13.1 Å². The van der Waals surface area contributed by atoms with Gasteiger partial charge in [-0.2, -0.15) is 5.26 Å². The Bertz CT molecular complexity index is 262. The lowest BCUT2D eigenvalue weighted by atomic mass is 10.0. The fourth-order valence-electron chi connectivity index (χ4n) is 1.65. The van der Waals surface area contributed by atoms with E-state index >= 15 is 0 Å². The summed E-state index contributed by atoms with van der Waals surface area (Å²) in [5.74, 6) is 0.0466. The van der Waals surface area contributed by atoms with Gasteiger partial charge in [-0.3, -0.25) is 4.79 Å². The first kappa shape index (κ1) is 11.0. The maximum absolute atomic E-state index is 11.9. The molecule has 0 aromatic carbocycles. The van der Waals surface area contributed by atoms with Gasteiger partial charge < -0.3 is 10.2 Å². The minimum absolute atomic E-state index is 0.0466. The van der Waals surface area contributed by atoms with E-state index in [4.69, 9.17) is 5.26 Å². The molecule has 0 spiro atoms. The van der Waals surface area contributed by atoms with Crippen molar-refractivity contribution in [3.05, 3.63) is 0 Å². The van der Waals surface area contributed by atoms with Gasteiger partial charge in [-0.1, -0.05) is 0 Å². The molecule has 4 heteroatoms. The summed E-state index contributed by atoms with van der Waals surface area (Å²) >= 11 is 0. The number of nitrogens with one attached hydrogen (secondary N) is 1. The van der Waals surface area contributed by atoms with E-state index in [1.54, 1.807) is 0 Å². The van der Waals surface area contributed by atoms with Crippen molar-refractivity contribution in [3.8, 4) is 6.07 Å². The highest BCUT2D eigenvalue weighted by Crippen LogP contribution is 2.17. The van der Waals surface area contributed by atoms with Crippen LogP contribution in [0.3, 0.4) is 0 Å². The Hall–Kier alpha value is -1.08. The van der Waals surface area contributed by atoms with E-state index in [1.807, 2.05) is 31.7 Å². The Kier molecular flexibility index (Phi) is 3.12. The van der Waals surface area contributed by atoms with Crippen LogP contribution in [0.2, 0.25) is 0 Å². The molecule has 1 aliphatic rings. The van der Waals surface area contributed by atoms with Gasteiger partial charge in [0.15, 0.2) is 0 Å². The van der Waals surface area contributed by atoms with Crippen molar-refractivity contribution in [1.29, 1.82) is 5.26 Å². The molecule has 1 unspecified atom stereocenters. The lowest BCUT2D eigenvalue weighted by molar-refractivity contribution is -0.140. The highest BCUT2D eigenvalue weighted by Gasteiger charge is 2.34. The molecule has 1 rings (SSSR count). The molecule has 1 saturated heterocycles. The summed E-state index contributed by atoms with van der Waals surface area (Å²) in [6.07, 6.45) is 0.255. The summed E-state index contributed by atoms with van der Waals surface area (Å²) in [4.78, 5) is 13.7. The molecule has 1 atom stereocenters. The van der Waals surface area contributed by atoms with Crippen molar-refractivity contribution >= 4 is 5.91 Å². The van der Waals surface area contributed by atoms with Gasteiger partial charge in [0.1, 0.15) is 6.04 Å². The molecule has 0 bridgehead atoms. The summed E-state index contributed by atoms with van der Waals surface area (Å²) in [5.41, 5.74) is -0.146. The first-order valence-electron chi connectivity index (χ1n) is 4.88. The van der Waals surface area contributed by atoms with E-state index in [9.17, 15) is 4.79 Å². The summed E-state index contributed by atoms with van der Waals surface area (Å²) in [7, 11) is 0. The zero-order chi connectivity index (χ0) is 10.8. The molecule has 0 radical (unpaired) electrons. The van der Waals surface area contributed by atoms with Crippen molar-refractivity contribution in [2.45, 2.75) is 38.8 Å².